The summed E-state index contributed by atoms with van der Waals surface area (Å²) in [6, 6.07) is 1.67. The fourth-order valence-electron chi connectivity index (χ4n) is 2.92. The Morgan fingerprint density at radius 2 is 2.14 bits per heavy atom. The van der Waals surface area contributed by atoms with Gasteiger partial charge in [0.1, 0.15) is 5.69 Å². The van der Waals surface area contributed by atoms with Crippen molar-refractivity contribution in [1.82, 2.24) is 14.8 Å². The summed E-state index contributed by atoms with van der Waals surface area (Å²) in [5.41, 5.74) is 0.539. The van der Waals surface area contributed by atoms with Crippen molar-refractivity contribution < 1.29 is 14.3 Å². The molecule has 1 N–H and O–H groups in total. The highest BCUT2D eigenvalue weighted by atomic mass is 35.5. The van der Waals surface area contributed by atoms with Gasteiger partial charge in [0, 0.05) is 45.5 Å². The predicted octanol–water partition coefficient (Wildman–Crippen LogP) is 1.23. The summed E-state index contributed by atoms with van der Waals surface area (Å²) in [4.78, 5) is 19.7. The normalized spacial score (nSPS) is 24.2. The minimum absolute atomic E-state index is 0.00984. The zero-order chi connectivity index (χ0) is 15.4. The number of ether oxygens (including phenoxy) is 2. The van der Waals surface area contributed by atoms with Gasteiger partial charge in [-0.3, -0.25) is 9.69 Å². The lowest BCUT2D eigenvalue weighted by Gasteiger charge is -2.31. The highest BCUT2D eigenvalue weighted by molar-refractivity contribution is 6.30. The van der Waals surface area contributed by atoms with Gasteiger partial charge in [0.2, 0.25) is 0 Å². The Bertz CT molecular complexity index is 502. The molecule has 0 unspecified atom stereocenters. The van der Waals surface area contributed by atoms with Gasteiger partial charge in [-0.2, -0.15) is 0 Å². The molecule has 1 amide bonds. The molecule has 1 aromatic heterocycles. The van der Waals surface area contributed by atoms with E-state index >= 15 is 0 Å². The monoisotopic (exact) mass is 327 g/mol. The van der Waals surface area contributed by atoms with Crippen molar-refractivity contribution in [2.24, 2.45) is 0 Å². The van der Waals surface area contributed by atoms with Gasteiger partial charge in [0.15, 0.2) is 0 Å². The molecule has 1 aromatic rings. The first-order chi connectivity index (χ1) is 10.7. The average Bonchev–Trinajstić information content (AvgIpc) is 2.83. The van der Waals surface area contributed by atoms with Crippen LogP contribution in [0, 0.1) is 0 Å². The van der Waals surface area contributed by atoms with Crippen LogP contribution in [0.1, 0.15) is 16.9 Å². The molecule has 3 heterocycles. The first-order valence-electron chi connectivity index (χ1n) is 7.77. The summed E-state index contributed by atoms with van der Waals surface area (Å²) < 4.78 is 11.3. The van der Waals surface area contributed by atoms with E-state index in [1.807, 2.05) is 4.90 Å². The lowest BCUT2D eigenvalue weighted by Crippen LogP contribution is -2.45. The highest BCUT2D eigenvalue weighted by Crippen LogP contribution is 2.15. The van der Waals surface area contributed by atoms with Crippen molar-refractivity contribution in [2.75, 3.05) is 52.5 Å². The van der Waals surface area contributed by atoms with Crippen molar-refractivity contribution in [1.29, 1.82) is 0 Å². The molecule has 2 aliphatic heterocycles. The molecule has 0 radical (unpaired) electrons. The van der Waals surface area contributed by atoms with E-state index in [1.54, 1.807) is 12.3 Å². The third-order valence-electron chi connectivity index (χ3n) is 4.08. The van der Waals surface area contributed by atoms with E-state index in [2.05, 4.69) is 9.88 Å². The van der Waals surface area contributed by atoms with E-state index < -0.39 is 0 Å². The van der Waals surface area contributed by atoms with Crippen molar-refractivity contribution in [3.8, 4) is 0 Å². The number of hydrogen-bond donors (Lipinski definition) is 1. The molecule has 6 nitrogen and oxygen atoms in total. The highest BCUT2D eigenvalue weighted by Gasteiger charge is 2.26. The maximum Gasteiger partial charge on any atom is 0.270 e. The number of rotatable bonds is 3. The maximum absolute atomic E-state index is 12.6. The zero-order valence-electron chi connectivity index (χ0n) is 12.6. The number of aromatic nitrogens is 1. The Morgan fingerprint density at radius 1 is 1.32 bits per heavy atom. The number of halogens is 1. The molecular weight excluding hydrogens is 306 g/mol. The number of amides is 1. The Labute approximate surface area is 135 Å². The van der Waals surface area contributed by atoms with Crippen LogP contribution in [0.2, 0.25) is 5.02 Å². The van der Waals surface area contributed by atoms with Gasteiger partial charge in [-0.25, -0.2) is 0 Å². The van der Waals surface area contributed by atoms with Crippen LogP contribution in [0.25, 0.3) is 0 Å². The number of morpholine rings is 1. The second-order valence-corrected chi connectivity index (χ2v) is 6.18. The molecule has 2 saturated heterocycles. The molecule has 0 saturated carbocycles. The van der Waals surface area contributed by atoms with Crippen LogP contribution in [0.15, 0.2) is 12.3 Å². The maximum atomic E-state index is 12.6. The number of nitrogens with one attached hydrogen (secondary N) is 1. The van der Waals surface area contributed by atoms with Gasteiger partial charge >= 0.3 is 0 Å². The fraction of sp³-hybridized carbons (Fsp3) is 0.667. The van der Waals surface area contributed by atoms with E-state index in [1.165, 1.54) is 0 Å². The van der Waals surface area contributed by atoms with E-state index in [0.717, 1.165) is 45.8 Å². The second kappa shape index (κ2) is 7.46. The van der Waals surface area contributed by atoms with Crippen molar-refractivity contribution in [3.63, 3.8) is 0 Å². The van der Waals surface area contributed by atoms with E-state index in [4.69, 9.17) is 21.1 Å². The molecule has 7 heteroatoms. The molecule has 122 valence electrons. The van der Waals surface area contributed by atoms with Crippen LogP contribution >= 0.6 is 11.6 Å². The van der Waals surface area contributed by atoms with Crippen LogP contribution in [-0.4, -0.2) is 79.3 Å². The predicted molar refractivity (Wildman–Crippen MR) is 83.3 cm³/mol. The van der Waals surface area contributed by atoms with Crippen LogP contribution in [-0.2, 0) is 9.47 Å². The van der Waals surface area contributed by atoms with Crippen LogP contribution in [0.5, 0.6) is 0 Å². The molecule has 0 bridgehead atoms. The smallest absolute Gasteiger partial charge is 0.270 e. The van der Waals surface area contributed by atoms with Crippen molar-refractivity contribution >= 4 is 17.5 Å². The fourth-order valence-corrected chi connectivity index (χ4v) is 3.09. The minimum atomic E-state index is -0.00984. The summed E-state index contributed by atoms with van der Waals surface area (Å²) in [6.45, 7) is 6.29. The SMILES string of the molecule is O=C(c1cc(Cl)c[nH]1)N1CCCO[C@@H](CN2CCOCC2)C1. The lowest BCUT2D eigenvalue weighted by molar-refractivity contribution is -0.0112. The van der Waals surface area contributed by atoms with Gasteiger partial charge in [-0.05, 0) is 12.5 Å². The van der Waals surface area contributed by atoms with Crippen molar-refractivity contribution in [2.45, 2.75) is 12.5 Å². The molecule has 3 rings (SSSR count). The summed E-state index contributed by atoms with van der Waals surface area (Å²) in [6.07, 6.45) is 2.55. The Hall–Kier alpha value is -1.08. The van der Waals surface area contributed by atoms with Crippen LogP contribution in [0.4, 0.5) is 0 Å². The molecule has 1 atom stereocenters. The van der Waals surface area contributed by atoms with E-state index in [-0.39, 0.29) is 12.0 Å². The van der Waals surface area contributed by atoms with Crippen LogP contribution in [0.3, 0.4) is 0 Å². The Morgan fingerprint density at radius 3 is 2.86 bits per heavy atom. The molecule has 0 spiro atoms. The average molecular weight is 328 g/mol. The number of hydrogen-bond acceptors (Lipinski definition) is 4. The Balaban J connectivity index is 1.60. The standard InChI is InChI=1S/C15H22ClN3O3/c16-12-8-14(17-9-12)15(20)19-2-1-5-22-13(11-19)10-18-3-6-21-7-4-18/h8-9,13,17H,1-7,10-11H2/t13-/m0/s1. The molecule has 0 aromatic carbocycles. The second-order valence-electron chi connectivity index (χ2n) is 5.74. The minimum Gasteiger partial charge on any atom is -0.379 e. The summed E-state index contributed by atoms with van der Waals surface area (Å²) in [5.74, 6) is -0.00984. The molecule has 0 aliphatic carbocycles. The van der Waals surface area contributed by atoms with Gasteiger partial charge in [-0.15, -0.1) is 0 Å². The number of carbonyl (C=O) groups excluding carboxylic acids is 1. The third kappa shape index (κ3) is 4.01. The van der Waals surface area contributed by atoms with E-state index in [9.17, 15) is 4.79 Å². The first kappa shape index (κ1) is 15.8. The third-order valence-corrected chi connectivity index (χ3v) is 4.30. The first-order valence-corrected chi connectivity index (χ1v) is 8.15. The molecular formula is C15H22ClN3O3. The quantitative estimate of drug-likeness (QED) is 0.907. The Kier molecular flexibility index (Phi) is 5.36. The zero-order valence-corrected chi connectivity index (χ0v) is 13.3. The lowest BCUT2D eigenvalue weighted by atomic mass is 10.2. The van der Waals surface area contributed by atoms with Crippen LogP contribution < -0.4 is 0 Å². The molecule has 2 aliphatic rings. The number of carbonyl (C=O) groups is 1. The topological polar surface area (TPSA) is 57.8 Å². The largest absolute Gasteiger partial charge is 0.379 e. The summed E-state index contributed by atoms with van der Waals surface area (Å²) in [5, 5.41) is 0.555. The number of aromatic amines is 1. The molecule has 2 fully saturated rings. The number of nitrogens with zero attached hydrogens (tertiary/aromatic N) is 2. The van der Waals surface area contributed by atoms with Gasteiger partial charge in [0.25, 0.3) is 5.91 Å². The van der Waals surface area contributed by atoms with Gasteiger partial charge in [0.05, 0.1) is 24.3 Å². The van der Waals surface area contributed by atoms with Crippen molar-refractivity contribution in [3.05, 3.63) is 23.0 Å². The summed E-state index contributed by atoms with van der Waals surface area (Å²) >= 11 is 5.89. The van der Waals surface area contributed by atoms with E-state index in [0.29, 0.717) is 23.9 Å². The van der Waals surface area contributed by atoms with Gasteiger partial charge < -0.3 is 19.4 Å². The summed E-state index contributed by atoms with van der Waals surface area (Å²) in [7, 11) is 0. The van der Waals surface area contributed by atoms with Gasteiger partial charge in [-0.1, -0.05) is 11.6 Å². The number of H-pyrrole nitrogens is 1. The molecule has 22 heavy (non-hydrogen) atoms.